The van der Waals surface area contributed by atoms with Crippen molar-refractivity contribution in [3.05, 3.63) is 48.5 Å². The summed E-state index contributed by atoms with van der Waals surface area (Å²) in [6.45, 7) is 0. The fourth-order valence-corrected chi connectivity index (χ4v) is 2.56. The molecular formula is C16H10F3N5O. The zero-order valence-corrected chi connectivity index (χ0v) is 12.8. The summed E-state index contributed by atoms with van der Waals surface area (Å²) in [6.07, 6.45) is -3.21. The lowest BCUT2D eigenvalue weighted by atomic mass is 10.1. The molecule has 4 aromatic rings. The molecule has 0 bridgehead atoms. The predicted octanol–water partition coefficient (Wildman–Crippen LogP) is 3.70. The lowest BCUT2D eigenvalue weighted by Gasteiger charge is -2.00. The van der Waals surface area contributed by atoms with Crippen LogP contribution in [0.4, 0.5) is 13.2 Å². The van der Waals surface area contributed by atoms with Crippen molar-refractivity contribution in [3.8, 4) is 22.8 Å². The van der Waals surface area contributed by atoms with Crippen molar-refractivity contribution in [2.24, 2.45) is 7.05 Å². The van der Waals surface area contributed by atoms with Crippen molar-refractivity contribution < 1.29 is 17.7 Å². The number of aromatic nitrogens is 5. The van der Waals surface area contributed by atoms with E-state index in [1.54, 1.807) is 10.7 Å². The topological polar surface area (TPSA) is 69.6 Å². The maximum Gasteiger partial charge on any atom is 0.471 e. The summed E-state index contributed by atoms with van der Waals surface area (Å²) >= 11 is 0. The van der Waals surface area contributed by atoms with Crippen LogP contribution in [0.25, 0.3) is 33.7 Å². The van der Waals surface area contributed by atoms with Crippen LogP contribution in [0, 0.1) is 0 Å². The fourth-order valence-electron chi connectivity index (χ4n) is 2.56. The highest BCUT2D eigenvalue weighted by Gasteiger charge is 2.38. The average Bonchev–Trinajstić information content (AvgIpc) is 3.21. The van der Waals surface area contributed by atoms with Gasteiger partial charge < -0.3 is 4.52 Å². The molecule has 4 rings (SSSR count). The molecule has 0 amide bonds. The molecule has 0 aliphatic carbocycles. The van der Waals surface area contributed by atoms with Crippen LogP contribution in [0.15, 0.2) is 47.1 Å². The van der Waals surface area contributed by atoms with Gasteiger partial charge in [0.1, 0.15) is 5.69 Å². The summed E-state index contributed by atoms with van der Waals surface area (Å²) in [5.41, 5.74) is 2.41. The van der Waals surface area contributed by atoms with Gasteiger partial charge in [0.05, 0.1) is 11.2 Å². The molecule has 0 aliphatic rings. The number of hydrogen-bond donors (Lipinski definition) is 0. The smallest absolute Gasteiger partial charge is 0.329 e. The Morgan fingerprint density at radius 2 is 1.92 bits per heavy atom. The molecule has 0 spiro atoms. The maximum atomic E-state index is 12.6. The van der Waals surface area contributed by atoms with Crippen LogP contribution in [-0.4, -0.2) is 24.9 Å². The zero-order chi connectivity index (χ0) is 17.6. The number of para-hydroxylation sites is 1. The third-order valence-electron chi connectivity index (χ3n) is 3.69. The van der Waals surface area contributed by atoms with Crippen molar-refractivity contribution >= 4 is 10.9 Å². The standard InChI is InChI=1S/C16H10F3N5O/c1-24-12-5-3-2-4-10(12)13(22-24)11-8-9(6-7-20-11)14-21-15(25-23-14)16(17,18)19/h2-8H,1H3. The number of pyridine rings is 1. The van der Waals surface area contributed by atoms with E-state index in [4.69, 9.17) is 0 Å². The van der Waals surface area contributed by atoms with Crippen molar-refractivity contribution in [3.63, 3.8) is 0 Å². The molecule has 1 aromatic carbocycles. The first kappa shape index (κ1) is 15.3. The minimum Gasteiger partial charge on any atom is -0.329 e. The Hall–Kier alpha value is -3.23. The van der Waals surface area contributed by atoms with E-state index < -0.39 is 12.1 Å². The van der Waals surface area contributed by atoms with Gasteiger partial charge >= 0.3 is 12.1 Å². The first-order valence-corrected chi connectivity index (χ1v) is 7.23. The van der Waals surface area contributed by atoms with Crippen molar-refractivity contribution in [1.82, 2.24) is 24.9 Å². The molecule has 0 radical (unpaired) electrons. The van der Waals surface area contributed by atoms with E-state index in [0.717, 1.165) is 10.9 Å². The summed E-state index contributed by atoms with van der Waals surface area (Å²) in [6, 6.07) is 10.7. The fraction of sp³-hybridized carbons (Fsp3) is 0.125. The Labute approximate surface area is 138 Å². The summed E-state index contributed by atoms with van der Waals surface area (Å²) in [4.78, 5) is 7.67. The Morgan fingerprint density at radius 3 is 2.68 bits per heavy atom. The number of benzene rings is 1. The van der Waals surface area contributed by atoms with E-state index >= 15 is 0 Å². The number of halogens is 3. The molecular weight excluding hydrogens is 335 g/mol. The summed E-state index contributed by atoms with van der Waals surface area (Å²) in [7, 11) is 1.81. The zero-order valence-electron chi connectivity index (χ0n) is 12.8. The summed E-state index contributed by atoms with van der Waals surface area (Å²) < 4.78 is 43.8. The highest BCUT2D eigenvalue weighted by molar-refractivity contribution is 5.92. The van der Waals surface area contributed by atoms with Gasteiger partial charge in [0.15, 0.2) is 0 Å². The Morgan fingerprint density at radius 1 is 1.12 bits per heavy atom. The molecule has 0 unspecified atom stereocenters. The maximum absolute atomic E-state index is 12.6. The van der Waals surface area contributed by atoms with Gasteiger partial charge in [-0.05, 0) is 18.2 Å². The molecule has 0 atom stereocenters. The van der Waals surface area contributed by atoms with Crippen LogP contribution in [-0.2, 0) is 13.2 Å². The number of alkyl halides is 3. The SMILES string of the molecule is Cn1nc(-c2cc(-c3noc(C(F)(F)F)n3)ccn2)c2ccccc21. The van der Waals surface area contributed by atoms with Gasteiger partial charge in [-0.1, -0.05) is 23.4 Å². The molecule has 0 saturated heterocycles. The minimum absolute atomic E-state index is 0.156. The van der Waals surface area contributed by atoms with Crippen LogP contribution >= 0.6 is 0 Å². The van der Waals surface area contributed by atoms with E-state index in [-0.39, 0.29) is 5.82 Å². The number of rotatable bonds is 2. The van der Waals surface area contributed by atoms with E-state index in [1.165, 1.54) is 12.3 Å². The molecule has 25 heavy (non-hydrogen) atoms. The number of hydrogen-bond acceptors (Lipinski definition) is 5. The van der Waals surface area contributed by atoms with Crippen LogP contribution < -0.4 is 0 Å². The Kier molecular flexibility index (Phi) is 3.31. The van der Waals surface area contributed by atoms with Crippen LogP contribution in [0.1, 0.15) is 5.89 Å². The van der Waals surface area contributed by atoms with Crippen molar-refractivity contribution in [1.29, 1.82) is 0 Å². The first-order valence-electron chi connectivity index (χ1n) is 7.23. The van der Waals surface area contributed by atoms with E-state index in [2.05, 4.69) is 24.7 Å². The van der Waals surface area contributed by atoms with Crippen molar-refractivity contribution in [2.75, 3.05) is 0 Å². The number of nitrogens with zero attached hydrogens (tertiary/aromatic N) is 5. The van der Waals surface area contributed by atoms with Gasteiger partial charge in [-0.25, -0.2) is 0 Å². The van der Waals surface area contributed by atoms with Gasteiger partial charge in [0, 0.05) is 24.2 Å². The average molecular weight is 345 g/mol. The monoisotopic (exact) mass is 345 g/mol. The Bertz CT molecular complexity index is 1070. The van der Waals surface area contributed by atoms with E-state index in [1.807, 2.05) is 31.3 Å². The number of aryl methyl sites for hydroxylation is 1. The minimum atomic E-state index is -4.68. The second-order valence-corrected chi connectivity index (χ2v) is 5.34. The Balaban J connectivity index is 1.81. The second kappa shape index (κ2) is 5.40. The molecule has 0 saturated carbocycles. The largest absolute Gasteiger partial charge is 0.471 e. The molecule has 126 valence electrons. The van der Waals surface area contributed by atoms with Crippen LogP contribution in [0.2, 0.25) is 0 Å². The predicted molar refractivity (Wildman–Crippen MR) is 82.2 cm³/mol. The lowest BCUT2D eigenvalue weighted by Crippen LogP contribution is -2.04. The highest BCUT2D eigenvalue weighted by Crippen LogP contribution is 2.31. The number of fused-ring (bicyclic) bond motifs is 1. The van der Waals surface area contributed by atoms with E-state index in [9.17, 15) is 13.2 Å². The third-order valence-corrected chi connectivity index (χ3v) is 3.69. The summed E-state index contributed by atoms with van der Waals surface area (Å²) in [5, 5.41) is 8.73. The van der Waals surface area contributed by atoms with Gasteiger partial charge in [0.2, 0.25) is 5.82 Å². The van der Waals surface area contributed by atoms with Crippen molar-refractivity contribution in [2.45, 2.75) is 6.18 Å². The molecule has 3 heterocycles. The van der Waals surface area contributed by atoms with Gasteiger partial charge in [0.25, 0.3) is 0 Å². The van der Waals surface area contributed by atoms with Gasteiger partial charge in [-0.2, -0.15) is 23.3 Å². The molecule has 9 heteroatoms. The quantitative estimate of drug-likeness (QED) is 0.554. The summed E-state index contributed by atoms with van der Waals surface area (Å²) in [5.74, 6) is -1.54. The van der Waals surface area contributed by atoms with Gasteiger partial charge in [-0.3, -0.25) is 9.67 Å². The molecule has 0 aliphatic heterocycles. The first-order chi connectivity index (χ1) is 11.9. The molecule has 6 nitrogen and oxygen atoms in total. The molecule has 0 N–H and O–H groups in total. The highest BCUT2D eigenvalue weighted by atomic mass is 19.4. The molecule has 0 fully saturated rings. The third kappa shape index (κ3) is 2.63. The lowest BCUT2D eigenvalue weighted by molar-refractivity contribution is -0.159. The second-order valence-electron chi connectivity index (χ2n) is 5.34. The molecule has 3 aromatic heterocycles. The van der Waals surface area contributed by atoms with Crippen LogP contribution in [0.3, 0.4) is 0 Å². The normalized spacial score (nSPS) is 12.0. The van der Waals surface area contributed by atoms with Gasteiger partial charge in [-0.15, -0.1) is 0 Å². The van der Waals surface area contributed by atoms with E-state index in [0.29, 0.717) is 17.0 Å². The van der Waals surface area contributed by atoms with Crippen LogP contribution in [0.5, 0.6) is 0 Å².